The summed E-state index contributed by atoms with van der Waals surface area (Å²) in [7, 11) is 0. The number of aromatic amines is 2. The Morgan fingerprint density at radius 2 is 1.00 bits per heavy atom. The van der Waals surface area contributed by atoms with Crippen molar-refractivity contribution in [2.45, 2.75) is 0 Å². The van der Waals surface area contributed by atoms with Crippen LogP contribution in [0.15, 0.2) is 73.3 Å². The van der Waals surface area contributed by atoms with E-state index in [1.165, 1.54) is 0 Å². The van der Waals surface area contributed by atoms with E-state index in [-0.39, 0.29) is 0 Å². The lowest BCUT2D eigenvalue weighted by Gasteiger charge is -1.99. The van der Waals surface area contributed by atoms with Gasteiger partial charge in [0, 0.05) is 47.0 Å². The average Bonchev–Trinajstić information content (AvgIpc) is 3.46. The summed E-state index contributed by atoms with van der Waals surface area (Å²) in [6.45, 7) is 0. The van der Waals surface area contributed by atoms with Gasteiger partial charge in [0.25, 0.3) is 0 Å². The van der Waals surface area contributed by atoms with E-state index in [1.54, 1.807) is 24.8 Å². The zero-order valence-corrected chi connectivity index (χ0v) is 14.6. The lowest BCUT2D eigenvalue weighted by molar-refractivity contribution is 1.09. The highest BCUT2D eigenvalue weighted by Gasteiger charge is 2.11. The van der Waals surface area contributed by atoms with Crippen LogP contribution in [0.5, 0.6) is 0 Å². The van der Waals surface area contributed by atoms with E-state index >= 15 is 0 Å². The molecule has 0 aliphatic rings. The number of nitrogens with zero attached hydrogens (tertiary/aromatic N) is 6. The van der Waals surface area contributed by atoms with Crippen molar-refractivity contribution in [2.24, 2.45) is 0 Å². The molecule has 8 nitrogen and oxygen atoms in total. The Balaban J connectivity index is 1.46. The normalized spacial score (nSPS) is 10.9. The Bertz CT molecular complexity index is 1120. The van der Waals surface area contributed by atoms with E-state index in [2.05, 4.69) is 40.3 Å². The van der Waals surface area contributed by atoms with E-state index < -0.39 is 0 Å². The maximum atomic E-state index is 4.59. The van der Waals surface area contributed by atoms with Gasteiger partial charge in [-0.1, -0.05) is 18.2 Å². The summed E-state index contributed by atoms with van der Waals surface area (Å²) < 4.78 is 0. The van der Waals surface area contributed by atoms with Crippen molar-refractivity contribution in [3.63, 3.8) is 0 Å². The molecule has 134 valence electrons. The zero-order chi connectivity index (χ0) is 18.8. The van der Waals surface area contributed by atoms with Crippen LogP contribution in [0.25, 0.3) is 45.6 Å². The van der Waals surface area contributed by atoms with Gasteiger partial charge in [0.1, 0.15) is 0 Å². The second-order valence-corrected chi connectivity index (χ2v) is 6.07. The molecule has 0 fully saturated rings. The molecule has 0 aliphatic carbocycles. The molecular formula is C20H14N8. The molecule has 0 spiro atoms. The summed E-state index contributed by atoms with van der Waals surface area (Å²) in [6, 6.07) is 15.4. The average molecular weight is 366 g/mol. The molecule has 8 heteroatoms. The number of benzene rings is 1. The molecule has 0 aliphatic heterocycles. The minimum Gasteiger partial charge on any atom is -0.265 e. The van der Waals surface area contributed by atoms with Crippen LogP contribution in [0.2, 0.25) is 0 Å². The molecule has 0 saturated carbocycles. The molecule has 0 radical (unpaired) electrons. The fourth-order valence-corrected chi connectivity index (χ4v) is 2.86. The van der Waals surface area contributed by atoms with Crippen LogP contribution >= 0.6 is 0 Å². The lowest BCUT2D eigenvalue weighted by atomic mass is 10.1. The molecule has 0 bridgehead atoms. The summed E-state index contributed by atoms with van der Waals surface area (Å²) >= 11 is 0. The summed E-state index contributed by atoms with van der Waals surface area (Å²) in [5.41, 5.74) is 3.62. The molecule has 4 heterocycles. The number of hydrogen-bond acceptors (Lipinski definition) is 6. The van der Waals surface area contributed by atoms with Gasteiger partial charge in [0.15, 0.2) is 23.3 Å². The SMILES string of the molecule is c1cc(-c2n[nH]c(-c3ccncc3)n2)cc(-c2n[nH]c(-c3ccncc3)n2)c1. The maximum Gasteiger partial charge on any atom is 0.181 e. The summed E-state index contributed by atoms with van der Waals surface area (Å²) in [5.74, 6) is 2.61. The van der Waals surface area contributed by atoms with E-state index in [0.717, 1.165) is 22.3 Å². The van der Waals surface area contributed by atoms with Crippen LogP contribution in [0, 0.1) is 0 Å². The van der Waals surface area contributed by atoms with E-state index in [9.17, 15) is 0 Å². The predicted octanol–water partition coefficient (Wildman–Crippen LogP) is 3.38. The summed E-state index contributed by atoms with van der Waals surface area (Å²) in [5, 5.41) is 14.6. The molecular weight excluding hydrogens is 352 g/mol. The Morgan fingerprint density at radius 3 is 1.46 bits per heavy atom. The van der Waals surface area contributed by atoms with Crippen molar-refractivity contribution in [1.29, 1.82) is 0 Å². The van der Waals surface area contributed by atoms with Crippen molar-refractivity contribution in [3.05, 3.63) is 73.3 Å². The van der Waals surface area contributed by atoms with Crippen LogP contribution < -0.4 is 0 Å². The van der Waals surface area contributed by atoms with E-state index in [1.807, 2.05) is 48.5 Å². The molecule has 2 N–H and O–H groups in total. The smallest absolute Gasteiger partial charge is 0.181 e. The summed E-state index contributed by atoms with van der Waals surface area (Å²) in [4.78, 5) is 17.2. The molecule has 4 aromatic heterocycles. The van der Waals surface area contributed by atoms with Gasteiger partial charge in [-0.2, -0.15) is 10.2 Å². The topological polar surface area (TPSA) is 109 Å². The molecule has 5 aromatic rings. The number of rotatable bonds is 4. The Hall–Kier alpha value is -4.20. The van der Waals surface area contributed by atoms with Gasteiger partial charge in [-0.05, 0) is 30.3 Å². The molecule has 5 rings (SSSR count). The third kappa shape index (κ3) is 3.03. The minimum atomic E-state index is 0.610. The first kappa shape index (κ1) is 16.0. The van der Waals surface area contributed by atoms with Crippen LogP contribution in [-0.4, -0.2) is 40.3 Å². The van der Waals surface area contributed by atoms with Gasteiger partial charge in [0.2, 0.25) is 0 Å². The van der Waals surface area contributed by atoms with Crippen molar-refractivity contribution in [1.82, 2.24) is 40.3 Å². The van der Waals surface area contributed by atoms with Crippen LogP contribution in [0.4, 0.5) is 0 Å². The first-order chi connectivity index (χ1) is 13.9. The highest BCUT2D eigenvalue weighted by molar-refractivity contribution is 5.68. The van der Waals surface area contributed by atoms with Gasteiger partial charge in [0.05, 0.1) is 0 Å². The van der Waals surface area contributed by atoms with Gasteiger partial charge in [-0.25, -0.2) is 9.97 Å². The predicted molar refractivity (Wildman–Crippen MR) is 104 cm³/mol. The maximum absolute atomic E-state index is 4.59. The minimum absolute atomic E-state index is 0.610. The Labute approximate surface area is 159 Å². The van der Waals surface area contributed by atoms with E-state index in [4.69, 9.17) is 0 Å². The van der Waals surface area contributed by atoms with Crippen molar-refractivity contribution in [3.8, 4) is 45.6 Å². The number of aromatic nitrogens is 8. The quantitative estimate of drug-likeness (QED) is 0.505. The number of H-pyrrole nitrogens is 2. The Morgan fingerprint density at radius 1 is 0.536 bits per heavy atom. The molecule has 0 amide bonds. The molecule has 0 atom stereocenters. The first-order valence-electron chi connectivity index (χ1n) is 8.63. The fourth-order valence-electron chi connectivity index (χ4n) is 2.86. The van der Waals surface area contributed by atoms with Gasteiger partial charge >= 0.3 is 0 Å². The lowest BCUT2D eigenvalue weighted by Crippen LogP contribution is -1.85. The second kappa shape index (κ2) is 6.84. The molecule has 0 saturated heterocycles. The van der Waals surface area contributed by atoms with Crippen LogP contribution in [-0.2, 0) is 0 Å². The highest BCUT2D eigenvalue weighted by Crippen LogP contribution is 2.25. The van der Waals surface area contributed by atoms with Gasteiger partial charge < -0.3 is 0 Å². The zero-order valence-electron chi connectivity index (χ0n) is 14.6. The monoisotopic (exact) mass is 366 g/mol. The number of hydrogen-bond donors (Lipinski definition) is 2. The Kier molecular flexibility index (Phi) is 3.91. The van der Waals surface area contributed by atoms with Crippen molar-refractivity contribution < 1.29 is 0 Å². The second-order valence-electron chi connectivity index (χ2n) is 6.07. The molecule has 0 unspecified atom stereocenters. The van der Waals surface area contributed by atoms with Crippen molar-refractivity contribution >= 4 is 0 Å². The molecule has 28 heavy (non-hydrogen) atoms. The van der Waals surface area contributed by atoms with Crippen LogP contribution in [0.1, 0.15) is 0 Å². The third-order valence-electron chi connectivity index (χ3n) is 4.26. The van der Waals surface area contributed by atoms with Gasteiger partial charge in [-0.3, -0.25) is 20.2 Å². The van der Waals surface area contributed by atoms with E-state index in [0.29, 0.717) is 23.3 Å². The standard InChI is InChI=1S/C20H14N8/c1-2-15(19-23-17(25-27-19)13-4-8-21-9-5-13)12-16(3-1)20-24-18(26-28-20)14-6-10-22-11-7-14/h1-12H,(H,23,25,27)(H,24,26,28). The van der Waals surface area contributed by atoms with Crippen LogP contribution in [0.3, 0.4) is 0 Å². The summed E-state index contributed by atoms with van der Waals surface area (Å²) in [6.07, 6.45) is 6.90. The molecule has 1 aromatic carbocycles. The number of nitrogens with one attached hydrogen (secondary N) is 2. The van der Waals surface area contributed by atoms with Gasteiger partial charge in [-0.15, -0.1) is 0 Å². The highest BCUT2D eigenvalue weighted by atomic mass is 15.2. The largest absolute Gasteiger partial charge is 0.265 e. The first-order valence-corrected chi connectivity index (χ1v) is 8.63. The fraction of sp³-hybridized carbons (Fsp3) is 0. The number of pyridine rings is 2. The van der Waals surface area contributed by atoms with Crippen molar-refractivity contribution in [2.75, 3.05) is 0 Å². The third-order valence-corrected chi connectivity index (χ3v) is 4.26.